The molecule has 0 amide bonds. The fourth-order valence-electron chi connectivity index (χ4n) is 3.58. The molecule has 3 rings (SSSR count). The van der Waals surface area contributed by atoms with Crippen molar-refractivity contribution in [1.82, 2.24) is 0 Å². The summed E-state index contributed by atoms with van der Waals surface area (Å²) in [6.45, 7) is 21.4. The number of rotatable bonds is 13. The predicted molar refractivity (Wildman–Crippen MR) is 166 cm³/mol. The molecule has 44 heavy (non-hydrogen) atoms. The highest BCUT2D eigenvalue weighted by atomic mass is 16.6. The van der Waals surface area contributed by atoms with Crippen LogP contribution < -0.4 is 23.7 Å². The Bertz CT molecular complexity index is 1690. The molecule has 0 aliphatic heterocycles. The summed E-state index contributed by atoms with van der Waals surface area (Å²) in [5.74, 6) is -1.50. The van der Waals surface area contributed by atoms with E-state index in [1.54, 1.807) is 42.5 Å². The van der Waals surface area contributed by atoms with E-state index in [2.05, 4.69) is 26.3 Å². The summed E-state index contributed by atoms with van der Waals surface area (Å²) in [6, 6.07) is 14.8. The van der Waals surface area contributed by atoms with Gasteiger partial charge >= 0.3 is 17.9 Å². The minimum absolute atomic E-state index is 0.00409. The summed E-state index contributed by atoms with van der Waals surface area (Å²) in [4.78, 5) is 47.8. The van der Waals surface area contributed by atoms with Gasteiger partial charge in [-0.2, -0.15) is 0 Å². The second-order valence-electron chi connectivity index (χ2n) is 10.0. The molecule has 0 radical (unpaired) electrons. The number of esters is 3. The van der Waals surface area contributed by atoms with Crippen LogP contribution in [0.1, 0.15) is 27.7 Å². The molecule has 0 spiro atoms. The Morgan fingerprint density at radius 2 is 1.02 bits per heavy atom. The third-order valence-corrected chi connectivity index (χ3v) is 5.82. The summed E-state index contributed by atoms with van der Waals surface area (Å²) in [6.07, 6.45) is 0. The van der Waals surface area contributed by atoms with Gasteiger partial charge in [-0.1, -0.05) is 50.6 Å². The first-order chi connectivity index (χ1) is 20.8. The lowest BCUT2D eigenvalue weighted by atomic mass is 9.98. The third kappa shape index (κ3) is 8.42. The van der Waals surface area contributed by atoms with Crippen molar-refractivity contribution in [2.24, 2.45) is 0 Å². The van der Waals surface area contributed by atoms with Crippen LogP contribution in [-0.2, 0) is 19.2 Å². The SMILES string of the molecule is C=C(C)COc1cc(-c2ccc(OC(=O)C(=C)C)c(OC=O)c2)ccc1-c1ccc(OC(=O)C(=C)C)c(OC(=O)C(=C)C)c1. The Morgan fingerprint density at radius 3 is 1.52 bits per heavy atom. The van der Waals surface area contributed by atoms with E-state index in [4.69, 9.17) is 23.7 Å². The number of hydrogen-bond acceptors (Lipinski definition) is 9. The van der Waals surface area contributed by atoms with Gasteiger partial charge in [-0.15, -0.1) is 0 Å². The second-order valence-corrected chi connectivity index (χ2v) is 10.0. The lowest BCUT2D eigenvalue weighted by molar-refractivity contribution is -0.132. The van der Waals surface area contributed by atoms with Crippen LogP contribution in [0, 0.1) is 0 Å². The third-order valence-electron chi connectivity index (χ3n) is 5.82. The van der Waals surface area contributed by atoms with Crippen molar-refractivity contribution in [1.29, 1.82) is 0 Å². The van der Waals surface area contributed by atoms with Crippen LogP contribution in [0.5, 0.6) is 28.7 Å². The smallest absolute Gasteiger partial charge is 0.338 e. The Labute approximate surface area is 255 Å². The van der Waals surface area contributed by atoms with Crippen molar-refractivity contribution in [2.45, 2.75) is 27.7 Å². The lowest BCUT2D eigenvalue weighted by Crippen LogP contribution is -2.12. The molecule has 3 aromatic carbocycles. The van der Waals surface area contributed by atoms with Crippen LogP contribution in [0.4, 0.5) is 0 Å². The zero-order valence-electron chi connectivity index (χ0n) is 25.0. The van der Waals surface area contributed by atoms with Gasteiger partial charge in [-0.3, -0.25) is 4.79 Å². The van der Waals surface area contributed by atoms with E-state index in [0.717, 1.165) is 5.57 Å². The number of benzene rings is 3. The van der Waals surface area contributed by atoms with E-state index in [0.29, 0.717) is 28.0 Å². The number of carbonyl (C=O) groups is 4. The van der Waals surface area contributed by atoms with Gasteiger partial charge in [0.2, 0.25) is 0 Å². The molecule has 9 nitrogen and oxygen atoms in total. The van der Waals surface area contributed by atoms with Gasteiger partial charge in [0.15, 0.2) is 23.0 Å². The quantitative estimate of drug-likeness (QED) is 0.0679. The average molecular weight is 597 g/mol. The van der Waals surface area contributed by atoms with Gasteiger partial charge in [-0.05, 0) is 80.3 Å². The average Bonchev–Trinajstić information content (AvgIpc) is 2.97. The molecule has 0 saturated carbocycles. The van der Waals surface area contributed by atoms with Gasteiger partial charge in [0, 0.05) is 22.3 Å². The number of ether oxygens (including phenoxy) is 5. The fraction of sp³-hybridized carbons (Fsp3) is 0.143. The largest absolute Gasteiger partial charge is 0.489 e. The molecule has 9 heteroatoms. The van der Waals surface area contributed by atoms with E-state index in [1.807, 2.05) is 6.92 Å². The van der Waals surface area contributed by atoms with E-state index in [-0.39, 0.29) is 52.8 Å². The molecular formula is C35H32O9. The normalized spacial score (nSPS) is 10.2. The summed E-state index contributed by atoms with van der Waals surface area (Å²) in [5.41, 5.74) is 3.78. The van der Waals surface area contributed by atoms with Crippen molar-refractivity contribution < 1.29 is 42.9 Å². The van der Waals surface area contributed by atoms with Crippen molar-refractivity contribution in [3.63, 3.8) is 0 Å². The zero-order valence-corrected chi connectivity index (χ0v) is 25.0. The van der Waals surface area contributed by atoms with E-state index in [1.165, 1.54) is 32.9 Å². The zero-order chi connectivity index (χ0) is 32.6. The van der Waals surface area contributed by atoms with Gasteiger partial charge < -0.3 is 23.7 Å². The Morgan fingerprint density at radius 1 is 0.591 bits per heavy atom. The van der Waals surface area contributed by atoms with Crippen molar-refractivity contribution in [3.05, 3.63) is 103 Å². The predicted octanol–water partition coefficient (Wildman–Crippen LogP) is 6.96. The molecule has 0 aliphatic rings. The highest BCUT2D eigenvalue weighted by molar-refractivity contribution is 5.92. The molecule has 0 unspecified atom stereocenters. The maximum atomic E-state index is 12.4. The molecule has 0 fully saturated rings. The maximum absolute atomic E-state index is 12.4. The molecule has 0 aliphatic carbocycles. The highest BCUT2D eigenvalue weighted by Crippen LogP contribution is 2.40. The Kier molecular flexibility index (Phi) is 10.8. The first-order valence-electron chi connectivity index (χ1n) is 13.2. The van der Waals surface area contributed by atoms with Gasteiger partial charge in [-0.25, -0.2) is 14.4 Å². The first-order valence-corrected chi connectivity index (χ1v) is 13.2. The van der Waals surface area contributed by atoms with Crippen LogP contribution >= 0.6 is 0 Å². The standard InChI is InChI=1S/C35H32O9/c1-20(2)18-40-30-15-24(25-10-13-28(31(16-25)41-19-36)42-33(37)21(3)4)9-12-27(30)26-11-14-29(43-34(38)22(5)6)32(17-26)44-35(39)23(7)8/h9-17,19H,1,3,5,7,18H2,2,4,6,8H3. The van der Waals surface area contributed by atoms with Crippen LogP contribution in [0.2, 0.25) is 0 Å². The number of hydrogen-bond donors (Lipinski definition) is 0. The van der Waals surface area contributed by atoms with Gasteiger partial charge in [0.05, 0.1) is 0 Å². The first kappa shape index (κ1) is 32.8. The van der Waals surface area contributed by atoms with Gasteiger partial charge in [0.25, 0.3) is 6.47 Å². The minimum Gasteiger partial charge on any atom is -0.489 e. The van der Waals surface area contributed by atoms with E-state index < -0.39 is 17.9 Å². The molecular weight excluding hydrogens is 564 g/mol. The number of carbonyl (C=O) groups excluding carboxylic acids is 4. The molecule has 0 saturated heterocycles. The molecule has 226 valence electrons. The van der Waals surface area contributed by atoms with Gasteiger partial charge in [0.1, 0.15) is 12.4 Å². The topological polar surface area (TPSA) is 114 Å². The van der Waals surface area contributed by atoms with Crippen molar-refractivity contribution >= 4 is 24.4 Å². The Balaban J connectivity index is 2.12. The van der Waals surface area contributed by atoms with Crippen molar-refractivity contribution in [2.75, 3.05) is 6.61 Å². The Hall–Kier alpha value is -5.70. The molecule has 0 bridgehead atoms. The molecule has 3 aromatic rings. The van der Waals surface area contributed by atoms with E-state index in [9.17, 15) is 19.2 Å². The summed E-state index contributed by atoms with van der Waals surface area (Å²) >= 11 is 0. The molecule has 0 aromatic heterocycles. The van der Waals surface area contributed by atoms with Crippen LogP contribution in [0.15, 0.2) is 103 Å². The van der Waals surface area contributed by atoms with Crippen LogP contribution in [0.25, 0.3) is 22.3 Å². The summed E-state index contributed by atoms with van der Waals surface area (Å²) in [7, 11) is 0. The van der Waals surface area contributed by atoms with Crippen LogP contribution in [-0.4, -0.2) is 31.0 Å². The van der Waals surface area contributed by atoms with Crippen LogP contribution in [0.3, 0.4) is 0 Å². The van der Waals surface area contributed by atoms with E-state index >= 15 is 0 Å². The van der Waals surface area contributed by atoms with Crippen molar-refractivity contribution in [3.8, 4) is 51.0 Å². The highest BCUT2D eigenvalue weighted by Gasteiger charge is 2.19. The maximum Gasteiger partial charge on any atom is 0.338 e. The summed E-state index contributed by atoms with van der Waals surface area (Å²) < 4.78 is 27.3. The molecule has 0 heterocycles. The second kappa shape index (κ2) is 14.5. The molecule has 0 atom stereocenters. The molecule has 0 N–H and O–H groups in total. The minimum atomic E-state index is -0.699. The monoisotopic (exact) mass is 596 g/mol. The summed E-state index contributed by atoms with van der Waals surface area (Å²) in [5, 5.41) is 0. The fourth-order valence-corrected chi connectivity index (χ4v) is 3.58. The lowest BCUT2D eigenvalue weighted by Gasteiger charge is -2.17.